The lowest BCUT2D eigenvalue weighted by molar-refractivity contribution is -0.144. The number of hydrogen-bond acceptors (Lipinski definition) is 4. The van der Waals surface area contributed by atoms with Crippen molar-refractivity contribution in [1.29, 1.82) is 0 Å². The van der Waals surface area contributed by atoms with E-state index in [4.69, 9.17) is 0 Å². The van der Waals surface area contributed by atoms with E-state index < -0.39 is 18.1 Å². The molecule has 106 valence electrons. The van der Waals surface area contributed by atoms with E-state index >= 15 is 0 Å². The van der Waals surface area contributed by atoms with Crippen molar-refractivity contribution in [3.05, 3.63) is 30.1 Å². The molecular weight excluding hydrogens is 271 g/mol. The molecule has 0 bridgehead atoms. The van der Waals surface area contributed by atoms with Crippen LogP contribution in [0.4, 0.5) is 19.0 Å². The van der Waals surface area contributed by atoms with E-state index in [0.717, 1.165) is 0 Å². The second-order valence-corrected chi connectivity index (χ2v) is 4.77. The van der Waals surface area contributed by atoms with E-state index in [9.17, 15) is 18.3 Å². The molecule has 7 heteroatoms. The second kappa shape index (κ2) is 4.59. The van der Waals surface area contributed by atoms with Crippen LogP contribution in [0.25, 0.3) is 10.9 Å². The van der Waals surface area contributed by atoms with Crippen molar-refractivity contribution in [3.63, 3.8) is 0 Å². The predicted octanol–water partition coefficient (Wildman–Crippen LogP) is 2.22. The van der Waals surface area contributed by atoms with Gasteiger partial charge in [0, 0.05) is 18.5 Å². The zero-order valence-corrected chi connectivity index (χ0v) is 10.4. The number of benzene rings is 1. The van der Waals surface area contributed by atoms with Gasteiger partial charge in [-0.2, -0.15) is 13.2 Å². The van der Waals surface area contributed by atoms with E-state index in [1.54, 1.807) is 23.1 Å². The summed E-state index contributed by atoms with van der Waals surface area (Å²) in [5.74, 6) is -0.910. The minimum atomic E-state index is -4.59. The smallest absolute Gasteiger partial charge is 0.391 e. The zero-order valence-electron chi connectivity index (χ0n) is 10.4. The molecule has 1 aromatic carbocycles. The molecule has 1 saturated heterocycles. The summed E-state index contributed by atoms with van der Waals surface area (Å²) in [6.07, 6.45) is -4.59. The standard InChI is InChI=1S/C13H12F3N3O/c14-13(15,16)12-17-10-4-2-1-3-9(10)11(18-12)19-6-5-8(20)7-19/h1-4,8,20H,5-7H2/t8-/m1/s1. The van der Waals surface area contributed by atoms with Crippen LogP contribution in [0.2, 0.25) is 0 Å². The van der Waals surface area contributed by atoms with Crippen molar-refractivity contribution < 1.29 is 18.3 Å². The maximum Gasteiger partial charge on any atom is 0.451 e. The summed E-state index contributed by atoms with van der Waals surface area (Å²) < 4.78 is 38.6. The van der Waals surface area contributed by atoms with Crippen LogP contribution in [-0.2, 0) is 6.18 Å². The minimum Gasteiger partial charge on any atom is -0.391 e. The molecule has 1 aromatic heterocycles. The number of nitrogens with zero attached hydrogens (tertiary/aromatic N) is 3. The predicted molar refractivity (Wildman–Crippen MR) is 67.4 cm³/mol. The van der Waals surface area contributed by atoms with E-state index in [-0.39, 0.29) is 17.9 Å². The molecule has 2 aromatic rings. The van der Waals surface area contributed by atoms with Gasteiger partial charge < -0.3 is 10.0 Å². The first kappa shape index (κ1) is 13.1. The third-order valence-electron chi connectivity index (χ3n) is 3.30. The van der Waals surface area contributed by atoms with Crippen molar-refractivity contribution in [2.45, 2.75) is 18.7 Å². The molecule has 0 amide bonds. The number of aliphatic hydroxyl groups is 1. The number of aromatic nitrogens is 2. The Labute approximate surface area is 112 Å². The number of halogens is 3. The monoisotopic (exact) mass is 283 g/mol. The molecule has 1 aliphatic heterocycles. The molecule has 2 heterocycles. The van der Waals surface area contributed by atoms with Crippen LogP contribution in [0.15, 0.2) is 24.3 Å². The molecule has 1 fully saturated rings. The Bertz CT molecular complexity index is 644. The largest absolute Gasteiger partial charge is 0.451 e. The van der Waals surface area contributed by atoms with Crippen molar-refractivity contribution in [1.82, 2.24) is 9.97 Å². The Hall–Kier alpha value is -1.89. The number of alkyl halides is 3. The lowest BCUT2D eigenvalue weighted by Gasteiger charge is -2.19. The highest BCUT2D eigenvalue weighted by Gasteiger charge is 2.36. The third-order valence-corrected chi connectivity index (χ3v) is 3.30. The molecule has 4 nitrogen and oxygen atoms in total. The van der Waals surface area contributed by atoms with Crippen LogP contribution in [0.5, 0.6) is 0 Å². The quantitative estimate of drug-likeness (QED) is 0.872. The Morgan fingerprint density at radius 3 is 2.60 bits per heavy atom. The fourth-order valence-electron chi connectivity index (χ4n) is 2.36. The van der Waals surface area contributed by atoms with Gasteiger partial charge in [-0.25, -0.2) is 9.97 Å². The summed E-state index contributed by atoms with van der Waals surface area (Å²) in [5.41, 5.74) is 0.256. The molecule has 0 spiro atoms. The van der Waals surface area contributed by atoms with E-state index in [1.165, 1.54) is 6.07 Å². The highest BCUT2D eigenvalue weighted by Crippen LogP contribution is 2.32. The summed E-state index contributed by atoms with van der Waals surface area (Å²) in [4.78, 5) is 8.91. The number of anilines is 1. The van der Waals surface area contributed by atoms with E-state index in [0.29, 0.717) is 18.4 Å². The molecule has 0 saturated carbocycles. The first-order chi connectivity index (χ1) is 9.45. The molecule has 0 radical (unpaired) electrons. The Kier molecular flexibility index (Phi) is 3.01. The SMILES string of the molecule is O[C@@H]1CCN(c2nc(C(F)(F)F)nc3ccccc23)C1. The summed E-state index contributed by atoms with van der Waals surface area (Å²) in [6, 6.07) is 6.59. The highest BCUT2D eigenvalue weighted by molar-refractivity contribution is 5.89. The summed E-state index contributed by atoms with van der Waals surface area (Å²) >= 11 is 0. The normalized spacial score (nSPS) is 19.8. The molecule has 20 heavy (non-hydrogen) atoms. The third kappa shape index (κ3) is 2.29. The Morgan fingerprint density at radius 1 is 1.20 bits per heavy atom. The summed E-state index contributed by atoms with van der Waals surface area (Å²) in [5, 5.41) is 10.1. The van der Waals surface area contributed by atoms with Crippen molar-refractivity contribution in [2.24, 2.45) is 0 Å². The number of aliphatic hydroxyl groups excluding tert-OH is 1. The Morgan fingerprint density at radius 2 is 1.95 bits per heavy atom. The fourth-order valence-corrected chi connectivity index (χ4v) is 2.36. The van der Waals surface area contributed by atoms with Gasteiger partial charge in [0.2, 0.25) is 5.82 Å². The first-order valence-corrected chi connectivity index (χ1v) is 6.22. The highest BCUT2D eigenvalue weighted by atomic mass is 19.4. The molecule has 0 unspecified atom stereocenters. The van der Waals surface area contributed by atoms with Gasteiger partial charge in [-0.05, 0) is 18.6 Å². The molecule has 1 aliphatic rings. The number of β-amino-alcohol motifs (C(OH)–C–C–N with tert-alkyl or cyclic N) is 1. The van der Waals surface area contributed by atoms with Crippen LogP contribution in [-0.4, -0.2) is 34.3 Å². The number of rotatable bonds is 1. The molecule has 1 N–H and O–H groups in total. The van der Waals surface area contributed by atoms with E-state index in [1.807, 2.05) is 0 Å². The van der Waals surface area contributed by atoms with Gasteiger partial charge in [0.05, 0.1) is 11.6 Å². The van der Waals surface area contributed by atoms with Gasteiger partial charge in [0.25, 0.3) is 0 Å². The van der Waals surface area contributed by atoms with Crippen molar-refractivity contribution in [2.75, 3.05) is 18.0 Å². The lowest BCUT2D eigenvalue weighted by Crippen LogP contribution is -2.24. The Balaban J connectivity index is 2.17. The zero-order chi connectivity index (χ0) is 14.3. The van der Waals surface area contributed by atoms with Crippen molar-refractivity contribution in [3.8, 4) is 0 Å². The first-order valence-electron chi connectivity index (χ1n) is 6.22. The van der Waals surface area contributed by atoms with Crippen LogP contribution in [0, 0.1) is 0 Å². The van der Waals surface area contributed by atoms with E-state index in [2.05, 4.69) is 9.97 Å². The second-order valence-electron chi connectivity index (χ2n) is 4.77. The molecule has 3 rings (SSSR count). The van der Waals surface area contributed by atoms with Gasteiger partial charge in [0.1, 0.15) is 5.82 Å². The average molecular weight is 283 g/mol. The summed E-state index contributed by atoms with van der Waals surface area (Å²) in [6.45, 7) is 0.776. The van der Waals surface area contributed by atoms with Crippen LogP contribution in [0.3, 0.4) is 0 Å². The topological polar surface area (TPSA) is 49.2 Å². The van der Waals surface area contributed by atoms with Crippen LogP contribution >= 0.6 is 0 Å². The number of hydrogen-bond donors (Lipinski definition) is 1. The van der Waals surface area contributed by atoms with Crippen LogP contribution < -0.4 is 4.90 Å². The van der Waals surface area contributed by atoms with Gasteiger partial charge in [-0.1, -0.05) is 12.1 Å². The van der Waals surface area contributed by atoms with Gasteiger partial charge >= 0.3 is 6.18 Å². The maximum absolute atomic E-state index is 12.9. The van der Waals surface area contributed by atoms with Gasteiger partial charge in [0.15, 0.2) is 0 Å². The molecule has 0 aliphatic carbocycles. The maximum atomic E-state index is 12.9. The lowest BCUT2D eigenvalue weighted by atomic mass is 10.2. The van der Waals surface area contributed by atoms with Gasteiger partial charge in [-0.15, -0.1) is 0 Å². The fraction of sp³-hybridized carbons (Fsp3) is 0.385. The molecular formula is C13H12F3N3O. The van der Waals surface area contributed by atoms with Crippen LogP contribution in [0.1, 0.15) is 12.2 Å². The minimum absolute atomic E-state index is 0.236. The average Bonchev–Trinajstić information content (AvgIpc) is 2.83. The summed E-state index contributed by atoms with van der Waals surface area (Å²) in [7, 11) is 0. The van der Waals surface area contributed by atoms with Gasteiger partial charge in [-0.3, -0.25) is 0 Å². The number of fused-ring (bicyclic) bond motifs is 1. The number of para-hydroxylation sites is 1. The molecule has 1 atom stereocenters. The van der Waals surface area contributed by atoms with Crippen molar-refractivity contribution >= 4 is 16.7 Å².